The van der Waals surface area contributed by atoms with Crippen LogP contribution in [0.3, 0.4) is 0 Å². The Balaban J connectivity index is 1.57. The molecule has 2 aromatic carbocycles. The van der Waals surface area contributed by atoms with Gasteiger partial charge in [-0.05, 0) is 25.5 Å². The van der Waals surface area contributed by atoms with Crippen molar-refractivity contribution in [2.75, 3.05) is 18.2 Å². The number of nitrogens with zero attached hydrogens (tertiary/aromatic N) is 4. The molecule has 0 spiro atoms. The molecular formula is C28H33N5O4. The third-order valence-electron chi connectivity index (χ3n) is 6.36. The highest BCUT2D eigenvalue weighted by atomic mass is 16.5. The minimum Gasteiger partial charge on any atom is -0.361 e. The van der Waals surface area contributed by atoms with Crippen LogP contribution in [-0.4, -0.2) is 45.9 Å². The number of rotatable bonds is 9. The Morgan fingerprint density at radius 3 is 2.43 bits per heavy atom. The molecule has 1 N–H and O–H groups in total. The lowest BCUT2D eigenvalue weighted by atomic mass is 9.95. The van der Waals surface area contributed by atoms with E-state index in [0.29, 0.717) is 18.7 Å². The van der Waals surface area contributed by atoms with Gasteiger partial charge in [0.1, 0.15) is 24.6 Å². The molecule has 2 heterocycles. The number of carbonyl (C=O) groups excluding carboxylic acids is 3. The molecule has 0 saturated heterocycles. The van der Waals surface area contributed by atoms with Crippen molar-refractivity contribution in [2.45, 2.75) is 53.1 Å². The van der Waals surface area contributed by atoms with Gasteiger partial charge in [-0.3, -0.25) is 14.4 Å². The maximum atomic E-state index is 13.5. The van der Waals surface area contributed by atoms with Gasteiger partial charge in [0.2, 0.25) is 11.8 Å². The number of hydrogen-bond donors (Lipinski definition) is 1. The first-order valence-corrected chi connectivity index (χ1v) is 12.6. The normalized spacial score (nSPS) is 12.4. The van der Waals surface area contributed by atoms with Crippen LogP contribution < -0.4 is 10.2 Å². The van der Waals surface area contributed by atoms with Crippen molar-refractivity contribution < 1.29 is 19.1 Å². The summed E-state index contributed by atoms with van der Waals surface area (Å²) < 4.78 is 7.23. The van der Waals surface area contributed by atoms with Gasteiger partial charge in [-0.2, -0.15) is 0 Å². The second-order valence-corrected chi connectivity index (χ2v) is 9.68. The number of aromatic nitrogens is 3. The van der Waals surface area contributed by atoms with Crippen LogP contribution >= 0.6 is 0 Å². The van der Waals surface area contributed by atoms with E-state index >= 15 is 0 Å². The third kappa shape index (κ3) is 5.77. The van der Waals surface area contributed by atoms with E-state index in [-0.39, 0.29) is 43.4 Å². The van der Waals surface area contributed by atoms with E-state index in [1.807, 2.05) is 80.9 Å². The Labute approximate surface area is 216 Å². The molecular weight excluding hydrogens is 470 g/mol. The number of amides is 2. The molecule has 2 amide bonds. The minimum atomic E-state index is -0.442. The molecule has 0 saturated carbocycles. The number of Topliss-reactive ketones (excluding diaryl/α,β-unsaturated/α-hetero) is 1. The lowest BCUT2D eigenvalue weighted by Crippen LogP contribution is -2.37. The van der Waals surface area contributed by atoms with Crippen molar-refractivity contribution in [1.82, 2.24) is 20.3 Å². The smallest absolute Gasteiger partial charge is 0.236 e. The largest absolute Gasteiger partial charge is 0.361 e. The lowest BCUT2D eigenvalue weighted by Gasteiger charge is -2.29. The maximum Gasteiger partial charge on any atom is 0.236 e. The van der Waals surface area contributed by atoms with Crippen LogP contribution in [0.2, 0.25) is 0 Å². The highest BCUT2D eigenvalue weighted by Gasteiger charge is 2.30. The average Bonchev–Trinajstić information content (AvgIpc) is 3.31. The van der Waals surface area contributed by atoms with Crippen LogP contribution in [-0.2, 0) is 25.7 Å². The molecule has 0 bridgehead atoms. The van der Waals surface area contributed by atoms with Crippen LogP contribution in [0.25, 0.3) is 22.5 Å². The van der Waals surface area contributed by atoms with E-state index in [4.69, 9.17) is 4.74 Å². The topological polar surface area (TPSA) is 106 Å². The van der Waals surface area contributed by atoms with Gasteiger partial charge in [-0.25, -0.2) is 4.68 Å². The molecule has 1 aromatic heterocycles. The predicted molar refractivity (Wildman–Crippen MR) is 141 cm³/mol. The Morgan fingerprint density at radius 1 is 1.00 bits per heavy atom. The van der Waals surface area contributed by atoms with E-state index in [2.05, 4.69) is 15.6 Å². The summed E-state index contributed by atoms with van der Waals surface area (Å²) in [6.45, 7) is 8.21. The van der Waals surface area contributed by atoms with E-state index < -0.39 is 5.91 Å². The van der Waals surface area contributed by atoms with Gasteiger partial charge in [0.25, 0.3) is 0 Å². The van der Waals surface area contributed by atoms with Gasteiger partial charge in [0.15, 0.2) is 0 Å². The number of fused-ring (bicyclic) bond motifs is 5. The molecule has 1 aliphatic rings. The molecule has 0 unspecified atom stereocenters. The van der Waals surface area contributed by atoms with Crippen molar-refractivity contribution >= 4 is 23.3 Å². The maximum absolute atomic E-state index is 13.5. The fourth-order valence-electron chi connectivity index (χ4n) is 4.32. The molecule has 37 heavy (non-hydrogen) atoms. The molecule has 0 fully saturated rings. The van der Waals surface area contributed by atoms with Crippen LogP contribution in [0, 0.1) is 5.92 Å². The second kappa shape index (κ2) is 11.5. The van der Waals surface area contributed by atoms with E-state index in [1.54, 1.807) is 4.90 Å². The first kappa shape index (κ1) is 26.2. The highest BCUT2D eigenvalue weighted by Crippen LogP contribution is 2.41. The quantitative estimate of drug-likeness (QED) is 0.267. The monoisotopic (exact) mass is 503 g/mol. The summed E-state index contributed by atoms with van der Waals surface area (Å²) in [7, 11) is 0. The number of para-hydroxylation sites is 1. The van der Waals surface area contributed by atoms with Gasteiger partial charge in [0.05, 0.1) is 24.5 Å². The number of anilines is 1. The number of ether oxygens (including phenoxy) is 1. The van der Waals surface area contributed by atoms with Crippen molar-refractivity contribution in [3.8, 4) is 22.5 Å². The molecule has 9 heteroatoms. The van der Waals surface area contributed by atoms with Crippen LogP contribution in [0.15, 0.2) is 48.5 Å². The molecule has 1 aliphatic heterocycles. The average molecular weight is 504 g/mol. The van der Waals surface area contributed by atoms with Gasteiger partial charge >= 0.3 is 0 Å². The van der Waals surface area contributed by atoms with Crippen molar-refractivity contribution in [3.05, 3.63) is 54.1 Å². The molecule has 4 rings (SSSR count). The van der Waals surface area contributed by atoms with Gasteiger partial charge in [0, 0.05) is 29.5 Å². The lowest BCUT2D eigenvalue weighted by molar-refractivity contribution is -0.129. The molecule has 0 atom stereocenters. The molecule has 9 nitrogen and oxygen atoms in total. The summed E-state index contributed by atoms with van der Waals surface area (Å²) in [4.78, 5) is 39.4. The Morgan fingerprint density at radius 2 is 1.70 bits per heavy atom. The number of hydrogen-bond acceptors (Lipinski definition) is 6. The SMILES string of the molecule is CC(C)C(=O)CCOCNC(=O)CC(=O)N1Cc2ccccc2-c2nnn(C(C)C)c2-c2ccccc21. The molecule has 3 aromatic rings. The molecule has 194 valence electrons. The zero-order valence-corrected chi connectivity index (χ0v) is 21.7. The predicted octanol–water partition coefficient (Wildman–Crippen LogP) is 4.14. The van der Waals surface area contributed by atoms with Crippen molar-refractivity contribution in [2.24, 2.45) is 5.92 Å². The summed E-state index contributed by atoms with van der Waals surface area (Å²) in [5.74, 6) is -0.716. The number of carbonyl (C=O) groups is 3. The summed E-state index contributed by atoms with van der Waals surface area (Å²) in [6.07, 6.45) is -0.0421. The van der Waals surface area contributed by atoms with E-state index in [1.165, 1.54) is 0 Å². The second-order valence-electron chi connectivity index (χ2n) is 9.68. The molecule has 0 aliphatic carbocycles. The van der Waals surface area contributed by atoms with Gasteiger partial charge < -0.3 is 15.0 Å². The number of ketones is 1. The Bertz CT molecular complexity index is 1300. The number of nitrogens with one attached hydrogen (secondary N) is 1. The van der Waals surface area contributed by atoms with E-state index in [0.717, 1.165) is 28.1 Å². The zero-order chi connectivity index (χ0) is 26.5. The van der Waals surface area contributed by atoms with Gasteiger partial charge in [-0.15, -0.1) is 5.10 Å². The van der Waals surface area contributed by atoms with Crippen LogP contribution in [0.5, 0.6) is 0 Å². The Hall–Kier alpha value is -3.85. The van der Waals surface area contributed by atoms with Crippen LogP contribution in [0.4, 0.5) is 5.69 Å². The van der Waals surface area contributed by atoms with Crippen LogP contribution in [0.1, 0.15) is 52.1 Å². The first-order valence-electron chi connectivity index (χ1n) is 12.6. The molecule has 0 radical (unpaired) electrons. The Kier molecular flexibility index (Phi) is 8.13. The van der Waals surface area contributed by atoms with Crippen molar-refractivity contribution in [3.63, 3.8) is 0 Å². The standard InChI is InChI=1S/C28H33N5O4/c1-18(2)24(34)13-14-37-17-29-25(35)15-26(36)32-16-20-9-5-6-10-21(20)27-28(33(19(3)4)31-30-27)22-11-7-8-12-23(22)32/h5-12,18-19H,13-17H2,1-4H3,(H,29,35). The zero-order valence-electron chi connectivity index (χ0n) is 21.7. The summed E-state index contributed by atoms with van der Waals surface area (Å²) in [5.41, 5.74) is 4.96. The summed E-state index contributed by atoms with van der Waals surface area (Å²) in [5, 5.41) is 11.6. The highest BCUT2D eigenvalue weighted by molar-refractivity contribution is 6.07. The fourth-order valence-corrected chi connectivity index (χ4v) is 4.32. The summed E-state index contributed by atoms with van der Waals surface area (Å²) >= 11 is 0. The van der Waals surface area contributed by atoms with Crippen molar-refractivity contribution in [1.29, 1.82) is 0 Å². The first-order chi connectivity index (χ1) is 17.8. The minimum absolute atomic E-state index is 0.0484. The number of benzene rings is 2. The fraction of sp³-hybridized carbons (Fsp3) is 0.393. The van der Waals surface area contributed by atoms with E-state index in [9.17, 15) is 14.4 Å². The van der Waals surface area contributed by atoms with Gasteiger partial charge in [-0.1, -0.05) is 61.5 Å². The third-order valence-corrected chi connectivity index (χ3v) is 6.36. The summed E-state index contributed by atoms with van der Waals surface area (Å²) in [6, 6.07) is 15.5.